The second-order valence-electron chi connectivity index (χ2n) is 14.1. The number of aryl methyl sites for hydroxylation is 1. The Bertz CT molecular complexity index is 1300. The summed E-state index contributed by atoms with van der Waals surface area (Å²) >= 11 is 7.70. The Hall–Kier alpha value is -2.75. The highest BCUT2D eigenvalue weighted by atomic mass is 32.2. The van der Waals surface area contributed by atoms with Crippen LogP contribution in [-0.4, -0.2) is 63.9 Å². The van der Waals surface area contributed by atoms with Crippen LogP contribution in [0.3, 0.4) is 0 Å². The van der Waals surface area contributed by atoms with Crippen LogP contribution in [0, 0.1) is 11.8 Å². The van der Waals surface area contributed by atoms with Crippen LogP contribution in [0.5, 0.6) is 0 Å². The minimum Gasteiger partial charge on any atom is -0.366 e. The van der Waals surface area contributed by atoms with E-state index in [1.807, 2.05) is 62.4 Å². The predicted molar refractivity (Wildman–Crippen MR) is 202 cm³/mol. The first kappa shape index (κ1) is 39.7. The van der Waals surface area contributed by atoms with Crippen LogP contribution < -0.4 is 16.0 Å². The van der Waals surface area contributed by atoms with Gasteiger partial charge in [-0.15, -0.1) is 11.8 Å². The van der Waals surface area contributed by atoms with Crippen molar-refractivity contribution < 1.29 is 19.1 Å². The molecule has 1 aliphatic heterocycles. The highest BCUT2D eigenvalue weighted by Gasteiger charge is 2.50. The van der Waals surface area contributed by atoms with Crippen molar-refractivity contribution in [1.82, 2.24) is 16.0 Å². The molecular weight excluding hydrogens is 639 g/mol. The van der Waals surface area contributed by atoms with Gasteiger partial charge in [0.05, 0.1) is 28.9 Å². The van der Waals surface area contributed by atoms with Gasteiger partial charge in [0, 0.05) is 6.42 Å². The number of epoxide rings is 1. The van der Waals surface area contributed by atoms with Crippen molar-refractivity contribution in [3.8, 4) is 0 Å². The normalized spacial score (nSPS) is 18.1. The maximum Gasteiger partial charge on any atom is 0.243 e. The summed E-state index contributed by atoms with van der Waals surface area (Å²) in [6.07, 6.45) is 6.42. The standard InChI is InChI=1S/C39H57N3O4S2/c1-7-8-15-22-48-34(21-20-29-16-11-9-12-17-29)37(45)41-33(24-28(4)5)38(47)42-32(25-30-18-13-10-14-19-30)36(44)40-31(23-27(2)3)35(43)39(6)26-46-39/h9-14,16-19,27-28,31-34H,7-8,15,20-26H2,1-6H3,(H,40,44)(H,41,45)(H,42,47)/t31-,32-,33-,34-,39+/m0/s1. The minimum absolute atomic E-state index is 0.0217. The molecular formula is C39H57N3O4S2. The fourth-order valence-electron chi connectivity index (χ4n) is 5.70. The largest absolute Gasteiger partial charge is 0.366 e. The number of benzene rings is 2. The Morgan fingerprint density at radius 3 is 1.94 bits per heavy atom. The summed E-state index contributed by atoms with van der Waals surface area (Å²) in [7, 11) is 0. The molecule has 0 bridgehead atoms. The number of unbranched alkanes of at least 4 members (excludes halogenated alkanes) is 2. The van der Waals surface area contributed by atoms with Crippen molar-refractivity contribution in [2.45, 2.75) is 122 Å². The van der Waals surface area contributed by atoms with Crippen molar-refractivity contribution in [2.75, 3.05) is 12.4 Å². The second-order valence-corrected chi connectivity index (χ2v) is 15.9. The molecule has 2 aromatic carbocycles. The van der Waals surface area contributed by atoms with Gasteiger partial charge in [0.15, 0.2) is 5.78 Å². The van der Waals surface area contributed by atoms with Crippen LogP contribution in [0.1, 0.15) is 91.2 Å². The summed E-state index contributed by atoms with van der Waals surface area (Å²) in [5, 5.41) is 9.45. The fraction of sp³-hybridized carbons (Fsp3) is 0.590. The van der Waals surface area contributed by atoms with E-state index >= 15 is 0 Å². The van der Waals surface area contributed by atoms with Gasteiger partial charge in [0.1, 0.15) is 11.6 Å². The second kappa shape index (κ2) is 20.1. The number of carbonyl (C=O) groups excluding carboxylic acids is 3. The van der Waals surface area contributed by atoms with E-state index in [2.05, 4.69) is 48.9 Å². The quantitative estimate of drug-likeness (QED) is 0.0704. The number of hydrogen-bond acceptors (Lipinski definition) is 6. The monoisotopic (exact) mass is 695 g/mol. The molecule has 0 radical (unpaired) electrons. The average molecular weight is 696 g/mol. The van der Waals surface area contributed by atoms with Crippen LogP contribution in [0.4, 0.5) is 0 Å². The molecule has 5 atom stereocenters. The maximum absolute atomic E-state index is 14.0. The lowest BCUT2D eigenvalue weighted by atomic mass is 9.93. The molecule has 2 aromatic rings. The third kappa shape index (κ3) is 13.6. The topological polar surface area (TPSA) is 99.8 Å². The molecule has 1 heterocycles. The van der Waals surface area contributed by atoms with Crippen molar-refractivity contribution in [1.29, 1.82) is 0 Å². The first-order chi connectivity index (χ1) is 22.9. The van der Waals surface area contributed by atoms with E-state index in [0.717, 1.165) is 43.4 Å². The molecule has 0 spiro atoms. The molecule has 1 fully saturated rings. The van der Waals surface area contributed by atoms with E-state index in [9.17, 15) is 14.4 Å². The van der Waals surface area contributed by atoms with Gasteiger partial charge in [0.2, 0.25) is 11.8 Å². The van der Waals surface area contributed by atoms with Crippen LogP contribution in [0.15, 0.2) is 60.7 Å². The highest BCUT2D eigenvalue weighted by molar-refractivity contribution is 8.00. The Labute approximate surface area is 298 Å². The third-order valence-electron chi connectivity index (χ3n) is 8.59. The lowest BCUT2D eigenvalue weighted by Gasteiger charge is -2.29. The van der Waals surface area contributed by atoms with E-state index in [0.29, 0.717) is 30.9 Å². The molecule has 264 valence electrons. The molecule has 7 nitrogen and oxygen atoms in total. The van der Waals surface area contributed by atoms with Crippen LogP contribution in [0.2, 0.25) is 0 Å². The van der Waals surface area contributed by atoms with E-state index in [1.165, 1.54) is 5.56 Å². The number of nitrogens with one attached hydrogen (secondary N) is 3. The third-order valence-corrected chi connectivity index (χ3v) is 10.4. The predicted octanol–water partition coefficient (Wildman–Crippen LogP) is 6.86. The van der Waals surface area contributed by atoms with Gasteiger partial charge in [-0.2, -0.15) is 0 Å². The number of thioether (sulfide) groups is 1. The molecule has 3 N–H and O–H groups in total. The Morgan fingerprint density at radius 1 is 0.812 bits per heavy atom. The Kier molecular flexibility index (Phi) is 16.6. The zero-order valence-electron chi connectivity index (χ0n) is 29.8. The smallest absolute Gasteiger partial charge is 0.243 e. The number of amides is 2. The number of carbonyl (C=O) groups is 3. The van der Waals surface area contributed by atoms with Gasteiger partial charge >= 0.3 is 0 Å². The number of rotatable bonds is 22. The molecule has 48 heavy (non-hydrogen) atoms. The summed E-state index contributed by atoms with van der Waals surface area (Å²) < 4.78 is 5.45. The summed E-state index contributed by atoms with van der Waals surface area (Å²) in [6, 6.07) is 18.2. The molecule has 2 amide bonds. The molecule has 1 saturated heterocycles. The molecule has 0 aliphatic carbocycles. The molecule has 1 aliphatic rings. The van der Waals surface area contributed by atoms with Gasteiger partial charge in [-0.1, -0.05) is 120 Å². The summed E-state index contributed by atoms with van der Waals surface area (Å²) in [6.45, 7) is 12.6. The Balaban J connectivity index is 1.79. The minimum atomic E-state index is -0.845. The lowest BCUT2D eigenvalue weighted by molar-refractivity contribution is -0.131. The van der Waals surface area contributed by atoms with Gasteiger partial charge in [-0.25, -0.2) is 0 Å². The van der Waals surface area contributed by atoms with Crippen molar-refractivity contribution in [3.05, 3.63) is 71.8 Å². The van der Waals surface area contributed by atoms with Crippen LogP contribution in [0.25, 0.3) is 0 Å². The average Bonchev–Trinajstić information content (AvgIpc) is 3.81. The van der Waals surface area contributed by atoms with Crippen LogP contribution in [-0.2, 0) is 32.0 Å². The molecule has 0 unspecified atom stereocenters. The van der Waals surface area contributed by atoms with Crippen molar-refractivity contribution in [3.63, 3.8) is 0 Å². The van der Waals surface area contributed by atoms with Crippen molar-refractivity contribution in [2.24, 2.45) is 11.8 Å². The first-order valence-electron chi connectivity index (χ1n) is 17.7. The molecule has 3 rings (SSSR count). The number of Topliss-reactive ketones (excluding diaryl/α,β-unsaturated/α-hetero) is 1. The van der Waals surface area contributed by atoms with Gasteiger partial charge in [0.25, 0.3) is 0 Å². The summed E-state index contributed by atoms with van der Waals surface area (Å²) in [4.78, 5) is 41.6. The van der Waals surface area contributed by atoms with E-state index in [-0.39, 0.29) is 34.7 Å². The maximum atomic E-state index is 14.0. The molecule has 0 aromatic heterocycles. The van der Waals surface area contributed by atoms with Crippen molar-refractivity contribution >= 4 is 46.6 Å². The lowest BCUT2D eigenvalue weighted by Crippen LogP contribution is -2.57. The van der Waals surface area contributed by atoms with E-state index in [4.69, 9.17) is 17.0 Å². The molecule has 9 heteroatoms. The number of hydrogen-bond donors (Lipinski definition) is 3. The SMILES string of the molecule is CCCCCS[C@@H](CCc1ccccc1)C(=O)N[C@@H](CC(C)C)C(=S)N[C@@H](Cc1ccccc1)C(=O)N[C@@H](CC(C)C)C(=O)[C@@]1(C)CO1. The summed E-state index contributed by atoms with van der Waals surface area (Å²) in [5.41, 5.74) is 1.33. The number of ether oxygens (including phenoxy) is 1. The summed E-state index contributed by atoms with van der Waals surface area (Å²) in [5.74, 6) is 0.955. The van der Waals surface area contributed by atoms with Crippen LogP contribution >= 0.6 is 24.0 Å². The molecule has 0 saturated carbocycles. The highest BCUT2D eigenvalue weighted by Crippen LogP contribution is 2.30. The Morgan fingerprint density at radius 2 is 1.38 bits per heavy atom. The van der Waals surface area contributed by atoms with Gasteiger partial charge in [-0.3, -0.25) is 14.4 Å². The number of ketones is 1. The van der Waals surface area contributed by atoms with E-state index in [1.54, 1.807) is 18.7 Å². The fourth-order valence-corrected chi connectivity index (χ4v) is 7.16. The zero-order valence-corrected chi connectivity index (χ0v) is 31.4. The van der Waals surface area contributed by atoms with Gasteiger partial charge in [-0.05, 0) is 67.7 Å². The van der Waals surface area contributed by atoms with E-state index < -0.39 is 23.7 Å². The first-order valence-corrected chi connectivity index (χ1v) is 19.2. The number of thiocarbonyl (C=S) groups is 1. The van der Waals surface area contributed by atoms with Gasteiger partial charge < -0.3 is 20.7 Å². The zero-order chi connectivity index (χ0) is 35.1.